The van der Waals surface area contributed by atoms with Gasteiger partial charge in [-0.15, -0.1) is 0 Å². The van der Waals surface area contributed by atoms with E-state index in [-0.39, 0.29) is 11.0 Å². The first-order chi connectivity index (χ1) is 10.5. The molecule has 2 aromatic rings. The summed E-state index contributed by atoms with van der Waals surface area (Å²) in [4.78, 5) is 11.8. The van der Waals surface area contributed by atoms with Gasteiger partial charge in [0, 0.05) is 21.8 Å². The number of nitrogens with one attached hydrogen (secondary N) is 2. The zero-order valence-corrected chi connectivity index (χ0v) is 13.7. The second-order valence-electron chi connectivity index (χ2n) is 4.31. The molecule has 0 saturated carbocycles. The molecule has 0 bridgehead atoms. The van der Waals surface area contributed by atoms with E-state index in [4.69, 9.17) is 35.4 Å². The lowest BCUT2D eigenvalue weighted by Crippen LogP contribution is -2.32. The number of carbonyl (C=O) groups is 1. The minimum Gasteiger partial charge on any atom is -0.332 e. The van der Waals surface area contributed by atoms with Gasteiger partial charge in [-0.3, -0.25) is 10.1 Å². The molecule has 6 heteroatoms. The lowest BCUT2D eigenvalue weighted by Gasteiger charge is -2.07. The monoisotopic (exact) mass is 350 g/mol. The smallest absolute Gasteiger partial charge is 0.250 e. The fourth-order valence-corrected chi connectivity index (χ4v) is 2.33. The van der Waals surface area contributed by atoms with Gasteiger partial charge < -0.3 is 5.32 Å². The molecule has 2 rings (SSSR count). The SMILES string of the molecule is O=C(/C=C/c1ccc(Cl)cc1Cl)NC(=S)Nc1ccccc1. The van der Waals surface area contributed by atoms with E-state index in [1.54, 1.807) is 24.3 Å². The zero-order chi connectivity index (χ0) is 15.9. The largest absolute Gasteiger partial charge is 0.332 e. The van der Waals surface area contributed by atoms with Crippen LogP contribution in [0, 0.1) is 0 Å². The van der Waals surface area contributed by atoms with Crippen molar-refractivity contribution in [3.8, 4) is 0 Å². The number of halogens is 2. The first-order valence-electron chi connectivity index (χ1n) is 6.35. The van der Waals surface area contributed by atoms with Gasteiger partial charge in [0.25, 0.3) is 0 Å². The molecule has 0 aliphatic rings. The maximum absolute atomic E-state index is 11.8. The van der Waals surface area contributed by atoms with Crippen LogP contribution >= 0.6 is 35.4 Å². The molecule has 0 aliphatic carbocycles. The molecule has 0 fully saturated rings. The highest BCUT2D eigenvalue weighted by atomic mass is 35.5. The maximum Gasteiger partial charge on any atom is 0.250 e. The summed E-state index contributed by atoms with van der Waals surface area (Å²) < 4.78 is 0. The Morgan fingerprint density at radius 3 is 2.50 bits per heavy atom. The normalized spacial score (nSPS) is 10.5. The third kappa shape index (κ3) is 5.15. The van der Waals surface area contributed by atoms with Crippen LogP contribution in [0.25, 0.3) is 6.08 Å². The molecule has 3 nitrogen and oxygen atoms in total. The van der Waals surface area contributed by atoms with E-state index >= 15 is 0 Å². The maximum atomic E-state index is 11.8. The van der Waals surface area contributed by atoms with Gasteiger partial charge >= 0.3 is 0 Å². The summed E-state index contributed by atoms with van der Waals surface area (Å²) in [6.07, 6.45) is 2.95. The van der Waals surface area contributed by atoms with E-state index in [2.05, 4.69) is 10.6 Å². The second kappa shape index (κ2) is 7.94. The van der Waals surface area contributed by atoms with Crippen LogP contribution in [0.15, 0.2) is 54.6 Å². The summed E-state index contributed by atoms with van der Waals surface area (Å²) in [6, 6.07) is 14.4. The standard InChI is InChI=1S/C16H12Cl2N2OS/c17-12-8-6-11(14(18)10-12)7-9-15(21)20-16(22)19-13-4-2-1-3-5-13/h1-10H,(H2,19,20,21,22)/b9-7+. The highest BCUT2D eigenvalue weighted by Gasteiger charge is 2.02. The van der Waals surface area contributed by atoms with Crippen LogP contribution < -0.4 is 10.6 Å². The molecular weight excluding hydrogens is 339 g/mol. The topological polar surface area (TPSA) is 41.1 Å². The molecule has 0 unspecified atom stereocenters. The minimum absolute atomic E-state index is 0.225. The van der Waals surface area contributed by atoms with Crippen molar-refractivity contribution >= 4 is 58.2 Å². The first-order valence-corrected chi connectivity index (χ1v) is 7.51. The second-order valence-corrected chi connectivity index (χ2v) is 5.56. The molecule has 0 atom stereocenters. The number of carbonyl (C=O) groups excluding carboxylic acids is 1. The summed E-state index contributed by atoms with van der Waals surface area (Å²) in [5, 5.41) is 6.71. The fraction of sp³-hybridized carbons (Fsp3) is 0. The lowest BCUT2D eigenvalue weighted by atomic mass is 10.2. The van der Waals surface area contributed by atoms with E-state index < -0.39 is 0 Å². The van der Waals surface area contributed by atoms with Gasteiger partial charge in [0.2, 0.25) is 5.91 Å². The van der Waals surface area contributed by atoms with Crippen molar-refractivity contribution in [2.24, 2.45) is 0 Å². The van der Waals surface area contributed by atoms with Gasteiger partial charge in [0.15, 0.2) is 5.11 Å². The Labute approximate surface area is 143 Å². The molecule has 0 saturated heterocycles. The number of benzene rings is 2. The van der Waals surface area contributed by atoms with Gasteiger partial charge in [-0.2, -0.15) is 0 Å². The van der Waals surface area contributed by atoms with Gasteiger partial charge in [-0.25, -0.2) is 0 Å². The summed E-state index contributed by atoms with van der Waals surface area (Å²) in [5.41, 5.74) is 1.50. The molecule has 112 valence electrons. The van der Waals surface area contributed by atoms with Gasteiger partial charge in [0.05, 0.1) is 0 Å². The van der Waals surface area contributed by atoms with Crippen molar-refractivity contribution in [1.82, 2.24) is 5.32 Å². The molecule has 2 N–H and O–H groups in total. The van der Waals surface area contributed by atoms with E-state index in [1.807, 2.05) is 30.3 Å². The number of para-hydroxylation sites is 1. The minimum atomic E-state index is -0.348. The first kappa shape index (κ1) is 16.5. The predicted molar refractivity (Wildman–Crippen MR) is 96.3 cm³/mol. The molecule has 0 aromatic heterocycles. The Bertz CT molecular complexity index is 717. The average Bonchev–Trinajstić information content (AvgIpc) is 2.47. The molecule has 0 spiro atoms. The predicted octanol–water partition coefficient (Wildman–Crippen LogP) is 4.52. The van der Waals surface area contributed by atoms with Gasteiger partial charge in [-0.05, 0) is 48.1 Å². The van der Waals surface area contributed by atoms with E-state index in [1.165, 1.54) is 6.08 Å². The zero-order valence-electron chi connectivity index (χ0n) is 11.3. The van der Waals surface area contributed by atoms with Crippen molar-refractivity contribution < 1.29 is 4.79 Å². The molecule has 0 aliphatic heterocycles. The van der Waals surface area contributed by atoms with Crippen molar-refractivity contribution in [1.29, 1.82) is 0 Å². The number of thiocarbonyl (C=S) groups is 1. The molecule has 2 aromatic carbocycles. The number of hydrogen-bond acceptors (Lipinski definition) is 2. The summed E-state index contributed by atoms with van der Waals surface area (Å²) in [6.45, 7) is 0. The third-order valence-corrected chi connectivity index (χ3v) is 3.41. The van der Waals surface area contributed by atoms with E-state index in [0.29, 0.717) is 15.6 Å². The van der Waals surface area contributed by atoms with Gasteiger partial charge in [0.1, 0.15) is 0 Å². The fourth-order valence-electron chi connectivity index (χ4n) is 1.64. The van der Waals surface area contributed by atoms with Crippen LogP contribution in [0.4, 0.5) is 5.69 Å². The number of amides is 1. The molecule has 1 amide bonds. The number of hydrogen-bond donors (Lipinski definition) is 2. The van der Waals surface area contributed by atoms with Crippen LogP contribution in [-0.4, -0.2) is 11.0 Å². The van der Waals surface area contributed by atoms with Crippen LogP contribution in [-0.2, 0) is 4.79 Å². The van der Waals surface area contributed by atoms with Crippen molar-refractivity contribution in [3.63, 3.8) is 0 Å². The Balaban J connectivity index is 1.92. The van der Waals surface area contributed by atoms with Crippen LogP contribution in [0.3, 0.4) is 0 Å². The molecule has 0 heterocycles. The third-order valence-electron chi connectivity index (χ3n) is 2.65. The van der Waals surface area contributed by atoms with Crippen LogP contribution in [0.1, 0.15) is 5.56 Å². The average molecular weight is 351 g/mol. The highest BCUT2D eigenvalue weighted by Crippen LogP contribution is 2.21. The Kier molecular flexibility index (Phi) is 5.95. The Morgan fingerprint density at radius 1 is 1.09 bits per heavy atom. The molecular formula is C16H12Cl2N2OS. The Hall–Kier alpha value is -1.88. The molecule has 0 radical (unpaired) electrons. The van der Waals surface area contributed by atoms with Crippen LogP contribution in [0.2, 0.25) is 10.0 Å². The van der Waals surface area contributed by atoms with Crippen molar-refractivity contribution in [2.45, 2.75) is 0 Å². The Morgan fingerprint density at radius 2 is 1.82 bits per heavy atom. The summed E-state index contributed by atoms with van der Waals surface area (Å²) in [5.74, 6) is -0.348. The number of rotatable bonds is 3. The van der Waals surface area contributed by atoms with Crippen LogP contribution in [0.5, 0.6) is 0 Å². The van der Waals surface area contributed by atoms with E-state index in [9.17, 15) is 4.79 Å². The summed E-state index contributed by atoms with van der Waals surface area (Å²) in [7, 11) is 0. The lowest BCUT2D eigenvalue weighted by molar-refractivity contribution is -0.115. The molecule has 22 heavy (non-hydrogen) atoms. The quantitative estimate of drug-likeness (QED) is 0.631. The summed E-state index contributed by atoms with van der Waals surface area (Å²) >= 11 is 16.9. The number of anilines is 1. The van der Waals surface area contributed by atoms with Crippen molar-refractivity contribution in [2.75, 3.05) is 5.32 Å². The van der Waals surface area contributed by atoms with Crippen molar-refractivity contribution in [3.05, 3.63) is 70.2 Å². The van der Waals surface area contributed by atoms with Gasteiger partial charge in [-0.1, -0.05) is 47.5 Å². The highest BCUT2D eigenvalue weighted by molar-refractivity contribution is 7.80. The van der Waals surface area contributed by atoms with E-state index in [0.717, 1.165) is 5.69 Å².